The van der Waals surface area contributed by atoms with Gasteiger partial charge in [0.15, 0.2) is 0 Å². The van der Waals surface area contributed by atoms with E-state index in [0.717, 1.165) is 17.1 Å². The van der Waals surface area contributed by atoms with Crippen LogP contribution in [0.15, 0.2) is 54.6 Å². The van der Waals surface area contributed by atoms with Gasteiger partial charge in [0, 0.05) is 5.75 Å². The Morgan fingerprint density at radius 3 is 2.46 bits per heavy atom. The minimum atomic E-state index is -0.0916. The van der Waals surface area contributed by atoms with Gasteiger partial charge in [-0.3, -0.25) is 4.79 Å². The Morgan fingerprint density at radius 2 is 1.75 bits per heavy atom. The molecule has 1 amide bonds. The molecule has 2 rings (SSSR count). The molecular weight excluding hydrogens is 318 g/mol. The summed E-state index contributed by atoms with van der Waals surface area (Å²) in [6.45, 7) is 6.39. The molecule has 0 aromatic heterocycles. The predicted octanol–water partition coefficient (Wildman–Crippen LogP) is 4.20. The van der Waals surface area contributed by atoms with Crippen molar-refractivity contribution in [1.29, 1.82) is 0 Å². The molecule has 1 N–H and O–H groups in total. The number of amides is 1. The van der Waals surface area contributed by atoms with Crippen LogP contribution in [0.4, 0.5) is 0 Å². The van der Waals surface area contributed by atoms with Crippen molar-refractivity contribution in [3.63, 3.8) is 0 Å². The van der Waals surface area contributed by atoms with Gasteiger partial charge in [-0.15, -0.1) is 11.8 Å². The number of aryl methyl sites for hydroxylation is 1. The first-order valence-electron chi connectivity index (χ1n) is 8.20. The smallest absolute Gasteiger partial charge is 0.233 e. The lowest BCUT2D eigenvalue weighted by molar-refractivity contribution is -0.121. The van der Waals surface area contributed by atoms with Crippen molar-refractivity contribution in [2.75, 3.05) is 6.61 Å². The molecule has 0 aliphatic heterocycles. The van der Waals surface area contributed by atoms with Crippen molar-refractivity contribution in [1.82, 2.24) is 5.32 Å². The van der Waals surface area contributed by atoms with E-state index in [9.17, 15) is 4.79 Å². The number of carbonyl (C=O) groups excluding carboxylic acids is 1. The molecule has 2 aromatic carbocycles. The van der Waals surface area contributed by atoms with Crippen LogP contribution in [0.25, 0.3) is 0 Å². The molecule has 0 aliphatic carbocycles. The highest BCUT2D eigenvalue weighted by molar-refractivity contribution is 7.99. The number of carbonyl (C=O) groups is 1. The summed E-state index contributed by atoms with van der Waals surface area (Å²) in [4.78, 5) is 12.3. The van der Waals surface area contributed by atoms with E-state index in [1.165, 1.54) is 5.56 Å². The van der Waals surface area contributed by atoms with E-state index in [4.69, 9.17) is 4.74 Å². The van der Waals surface area contributed by atoms with Crippen LogP contribution in [-0.2, 0) is 10.5 Å². The molecule has 0 radical (unpaired) electrons. The summed E-state index contributed by atoms with van der Waals surface area (Å²) in [5.74, 6) is 1.76. The number of hydrogen-bond acceptors (Lipinski definition) is 3. The zero-order valence-electron chi connectivity index (χ0n) is 14.5. The largest absolute Gasteiger partial charge is 0.491 e. The van der Waals surface area contributed by atoms with Gasteiger partial charge in [-0.1, -0.05) is 48.5 Å². The molecule has 0 aliphatic rings. The molecule has 2 atom stereocenters. The highest BCUT2D eigenvalue weighted by Crippen LogP contribution is 2.18. The van der Waals surface area contributed by atoms with Crippen molar-refractivity contribution < 1.29 is 9.53 Å². The fourth-order valence-electron chi connectivity index (χ4n) is 2.21. The second kappa shape index (κ2) is 9.38. The Morgan fingerprint density at radius 1 is 1.08 bits per heavy atom. The second-order valence-corrected chi connectivity index (χ2v) is 7.25. The molecule has 0 fully saturated rings. The maximum absolute atomic E-state index is 12.3. The van der Waals surface area contributed by atoms with Gasteiger partial charge in [0.05, 0.1) is 11.3 Å². The molecule has 24 heavy (non-hydrogen) atoms. The molecular formula is C20H25NO2S. The Labute approximate surface area is 148 Å². The van der Waals surface area contributed by atoms with Crippen LogP contribution in [-0.4, -0.2) is 23.8 Å². The lowest BCUT2D eigenvalue weighted by Gasteiger charge is -2.18. The average Bonchev–Trinajstić information content (AvgIpc) is 2.59. The first kappa shape index (κ1) is 18.4. The van der Waals surface area contributed by atoms with Gasteiger partial charge in [0.25, 0.3) is 0 Å². The lowest BCUT2D eigenvalue weighted by atomic mass is 10.2. The van der Waals surface area contributed by atoms with Crippen LogP contribution in [0.2, 0.25) is 0 Å². The molecule has 0 saturated carbocycles. The van der Waals surface area contributed by atoms with Crippen molar-refractivity contribution >= 4 is 17.7 Å². The van der Waals surface area contributed by atoms with E-state index in [0.29, 0.717) is 6.61 Å². The van der Waals surface area contributed by atoms with Gasteiger partial charge in [-0.05, 0) is 38.0 Å². The maximum atomic E-state index is 12.3. The summed E-state index contributed by atoms with van der Waals surface area (Å²) >= 11 is 1.64. The Kier molecular flexibility index (Phi) is 7.19. The third-order valence-corrected chi connectivity index (χ3v) is 4.90. The minimum Gasteiger partial charge on any atom is -0.491 e. The molecule has 0 heterocycles. The van der Waals surface area contributed by atoms with Crippen molar-refractivity contribution in [3.05, 3.63) is 65.7 Å². The maximum Gasteiger partial charge on any atom is 0.233 e. The fourth-order valence-corrected chi connectivity index (χ4v) is 3.06. The Bertz CT molecular complexity index is 645. The van der Waals surface area contributed by atoms with Gasteiger partial charge in [0.1, 0.15) is 12.4 Å². The summed E-state index contributed by atoms with van der Waals surface area (Å²) in [6.07, 6.45) is 0. The van der Waals surface area contributed by atoms with Crippen LogP contribution in [0.3, 0.4) is 0 Å². The number of thioether (sulfide) groups is 1. The monoisotopic (exact) mass is 343 g/mol. The number of ether oxygens (including phenoxy) is 1. The highest BCUT2D eigenvalue weighted by atomic mass is 32.2. The van der Waals surface area contributed by atoms with Crippen molar-refractivity contribution in [2.24, 2.45) is 0 Å². The Hall–Kier alpha value is -1.94. The molecule has 4 heteroatoms. The molecule has 0 saturated heterocycles. The van der Waals surface area contributed by atoms with Crippen LogP contribution >= 0.6 is 11.8 Å². The third-order valence-electron chi connectivity index (χ3n) is 3.68. The van der Waals surface area contributed by atoms with Crippen molar-refractivity contribution in [2.45, 2.75) is 37.8 Å². The van der Waals surface area contributed by atoms with Gasteiger partial charge in [-0.2, -0.15) is 0 Å². The van der Waals surface area contributed by atoms with Crippen LogP contribution in [0, 0.1) is 6.92 Å². The SMILES string of the molecule is Cc1ccccc1OC[C@H](C)NC(=O)[C@H](C)SCc1ccccc1. The summed E-state index contributed by atoms with van der Waals surface area (Å²) in [7, 11) is 0. The first-order valence-corrected chi connectivity index (χ1v) is 9.25. The number of hydrogen-bond donors (Lipinski definition) is 1. The lowest BCUT2D eigenvalue weighted by Crippen LogP contribution is -2.40. The standard InChI is InChI=1S/C20H25NO2S/c1-15-9-7-8-12-19(15)23-13-16(2)21-20(22)17(3)24-14-18-10-5-4-6-11-18/h4-12,16-17H,13-14H2,1-3H3,(H,21,22)/t16-,17-/m0/s1. The number of benzene rings is 2. The van der Waals surface area contributed by atoms with Gasteiger partial charge in [0.2, 0.25) is 5.91 Å². The summed E-state index contributed by atoms with van der Waals surface area (Å²) in [5.41, 5.74) is 2.33. The van der Waals surface area contributed by atoms with Crippen molar-refractivity contribution in [3.8, 4) is 5.75 Å². The van der Waals surface area contributed by atoms with Gasteiger partial charge >= 0.3 is 0 Å². The zero-order chi connectivity index (χ0) is 17.4. The van der Waals surface area contributed by atoms with E-state index in [-0.39, 0.29) is 17.2 Å². The summed E-state index contributed by atoms with van der Waals surface area (Å²) in [6, 6.07) is 18.1. The number of nitrogens with one attached hydrogen (secondary N) is 1. The van der Waals surface area contributed by atoms with Crippen LogP contribution in [0.1, 0.15) is 25.0 Å². The van der Waals surface area contributed by atoms with Crippen LogP contribution < -0.4 is 10.1 Å². The summed E-state index contributed by atoms with van der Waals surface area (Å²) in [5, 5.41) is 2.93. The van der Waals surface area contributed by atoms with Crippen LogP contribution in [0.5, 0.6) is 5.75 Å². The molecule has 0 bridgehead atoms. The van der Waals surface area contributed by atoms with E-state index in [2.05, 4.69) is 17.4 Å². The Balaban J connectivity index is 1.73. The zero-order valence-corrected chi connectivity index (χ0v) is 15.3. The topological polar surface area (TPSA) is 38.3 Å². The quantitative estimate of drug-likeness (QED) is 0.781. The summed E-state index contributed by atoms with van der Waals surface area (Å²) < 4.78 is 5.79. The molecule has 3 nitrogen and oxygen atoms in total. The van der Waals surface area contributed by atoms with E-state index in [1.807, 2.05) is 63.2 Å². The number of para-hydroxylation sites is 1. The van der Waals surface area contributed by atoms with E-state index < -0.39 is 0 Å². The molecule has 0 spiro atoms. The third kappa shape index (κ3) is 5.93. The van der Waals surface area contributed by atoms with E-state index in [1.54, 1.807) is 11.8 Å². The first-order chi connectivity index (χ1) is 11.6. The molecule has 2 aromatic rings. The minimum absolute atomic E-state index is 0.0307. The highest BCUT2D eigenvalue weighted by Gasteiger charge is 2.16. The van der Waals surface area contributed by atoms with Gasteiger partial charge < -0.3 is 10.1 Å². The van der Waals surface area contributed by atoms with E-state index >= 15 is 0 Å². The van der Waals surface area contributed by atoms with Gasteiger partial charge in [-0.25, -0.2) is 0 Å². The number of rotatable bonds is 8. The predicted molar refractivity (Wildman–Crippen MR) is 101 cm³/mol. The average molecular weight is 343 g/mol. The second-order valence-electron chi connectivity index (χ2n) is 5.92. The normalized spacial score (nSPS) is 13.1. The molecule has 0 unspecified atom stereocenters. The molecule has 128 valence electrons. The fraction of sp³-hybridized carbons (Fsp3) is 0.350.